The van der Waals surface area contributed by atoms with E-state index in [-0.39, 0.29) is 12.5 Å². The van der Waals surface area contributed by atoms with Crippen LogP contribution in [0.4, 0.5) is 0 Å². The van der Waals surface area contributed by atoms with E-state index in [9.17, 15) is 4.79 Å². The van der Waals surface area contributed by atoms with Gasteiger partial charge in [-0.1, -0.05) is 0 Å². The summed E-state index contributed by atoms with van der Waals surface area (Å²) in [5.74, 6) is -0.0420. The fourth-order valence-corrected chi connectivity index (χ4v) is 0.925. The second-order valence-electron chi connectivity index (χ2n) is 2.52. The van der Waals surface area contributed by atoms with Crippen molar-refractivity contribution in [2.75, 3.05) is 26.3 Å². The van der Waals surface area contributed by atoms with Crippen LogP contribution >= 0.6 is 0 Å². The van der Waals surface area contributed by atoms with Crippen molar-refractivity contribution in [3.63, 3.8) is 0 Å². The van der Waals surface area contributed by atoms with E-state index in [0.717, 1.165) is 0 Å². The molecule has 13 heavy (non-hydrogen) atoms. The van der Waals surface area contributed by atoms with Gasteiger partial charge in [-0.2, -0.15) is 5.26 Å². The molecule has 0 aliphatic rings. The van der Waals surface area contributed by atoms with Crippen LogP contribution in [0.3, 0.4) is 0 Å². The van der Waals surface area contributed by atoms with E-state index < -0.39 is 0 Å². The Hall–Kier alpha value is -1.08. The number of rotatable bonds is 6. The van der Waals surface area contributed by atoms with Gasteiger partial charge in [-0.3, -0.25) is 4.79 Å². The van der Waals surface area contributed by atoms with Gasteiger partial charge in [-0.05, 0) is 13.8 Å². The number of carbonyl (C=O) groups excluding carboxylic acids is 1. The van der Waals surface area contributed by atoms with Gasteiger partial charge in [-0.25, -0.2) is 0 Å². The van der Waals surface area contributed by atoms with Gasteiger partial charge in [0.1, 0.15) is 6.61 Å². The number of nitriles is 1. The molecule has 0 aromatic rings. The fraction of sp³-hybridized carbons (Fsp3) is 0.778. The average molecular weight is 184 g/mol. The molecule has 0 aliphatic carbocycles. The largest absolute Gasteiger partial charge is 0.372 e. The lowest BCUT2D eigenvalue weighted by Gasteiger charge is -2.18. The first-order chi connectivity index (χ1) is 6.26. The van der Waals surface area contributed by atoms with Crippen molar-refractivity contribution in [1.29, 1.82) is 5.26 Å². The molecule has 0 saturated carbocycles. The molecule has 0 bridgehead atoms. The number of nitrogens with zero attached hydrogens (tertiary/aromatic N) is 2. The maximum atomic E-state index is 11.3. The smallest absolute Gasteiger partial charge is 0.248 e. The summed E-state index contributed by atoms with van der Waals surface area (Å²) >= 11 is 0. The number of hydrogen-bond donors (Lipinski definition) is 0. The summed E-state index contributed by atoms with van der Waals surface area (Å²) in [4.78, 5) is 13.0. The Morgan fingerprint density at radius 3 is 2.69 bits per heavy atom. The van der Waals surface area contributed by atoms with E-state index in [0.29, 0.717) is 26.1 Å². The Labute approximate surface area is 79.1 Å². The van der Waals surface area contributed by atoms with Crippen LogP contribution in [0.15, 0.2) is 0 Å². The molecule has 0 rings (SSSR count). The minimum atomic E-state index is -0.0420. The second kappa shape index (κ2) is 7.56. The van der Waals surface area contributed by atoms with E-state index in [1.165, 1.54) is 0 Å². The van der Waals surface area contributed by atoms with Crippen molar-refractivity contribution in [2.24, 2.45) is 0 Å². The highest BCUT2D eigenvalue weighted by Gasteiger charge is 2.09. The van der Waals surface area contributed by atoms with E-state index in [2.05, 4.69) is 0 Å². The van der Waals surface area contributed by atoms with Crippen molar-refractivity contribution in [3.8, 4) is 6.07 Å². The molecular formula is C9H16N2O2. The van der Waals surface area contributed by atoms with Crippen molar-refractivity contribution in [1.82, 2.24) is 4.90 Å². The van der Waals surface area contributed by atoms with Crippen LogP contribution in [0.5, 0.6) is 0 Å². The van der Waals surface area contributed by atoms with Gasteiger partial charge < -0.3 is 9.64 Å². The average Bonchev–Trinajstić information content (AvgIpc) is 2.16. The van der Waals surface area contributed by atoms with Crippen LogP contribution < -0.4 is 0 Å². The zero-order chi connectivity index (χ0) is 10.1. The Balaban J connectivity index is 3.79. The highest BCUT2D eigenvalue weighted by atomic mass is 16.5. The first-order valence-corrected chi connectivity index (χ1v) is 4.48. The number of likely N-dealkylation sites (N-methyl/N-ethyl adjacent to an activating group) is 1. The van der Waals surface area contributed by atoms with Crippen molar-refractivity contribution in [3.05, 3.63) is 0 Å². The van der Waals surface area contributed by atoms with Crippen LogP contribution in [0.25, 0.3) is 0 Å². The topological polar surface area (TPSA) is 53.3 Å². The lowest BCUT2D eigenvalue weighted by atomic mass is 10.4. The minimum Gasteiger partial charge on any atom is -0.372 e. The number of ether oxygens (including phenoxy) is 1. The molecule has 0 aromatic heterocycles. The Kier molecular flexibility index (Phi) is 6.93. The van der Waals surface area contributed by atoms with Crippen LogP contribution in [-0.4, -0.2) is 37.1 Å². The molecule has 0 radical (unpaired) electrons. The summed E-state index contributed by atoms with van der Waals surface area (Å²) in [6.45, 7) is 5.53. The summed E-state index contributed by atoms with van der Waals surface area (Å²) < 4.78 is 4.98. The van der Waals surface area contributed by atoms with E-state index in [1.807, 2.05) is 19.9 Å². The van der Waals surface area contributed by atoms with Crippen LogP contribution in [0.1, 0.15) is 20.3 Å². The SMILES string of the molecule is CCOCC(=O)N(CC)CCC#N. The second-order valence-corrected chi connectivity index (χ2v) is 2.52. The van der Waals surface area contributed by atoms with E-state index >= 15 is 0 Å². The van der Waals surface area contributed by atoms with Gasteiger partial charge >= 0.3 is 0 Å². The van der Waals surface area contributed by atoms with Crippen LogP contribution in [0, 0.1) is 11.3 Å². The molecule has 4 nitrogen and oxygen atoms in total. The van der Waals surface area contributed by atoms with Gasteiger partial charge in [0.25, 0.3) is 0 Å². The number of amides is 1. The molecule has 0 aliphatic heterocycles. The molecule has 0 atom stereocenters. The molecule has 0 N–H and O–H groups in total. The molecule has 0 unspecified atom stereocenters. The lowest BCUT2D eigenvalue weighted by Crippen LogP contribution is -2.34. The summed E-state index contributed by atoms with van der Waals surface area (Å²) in [6, 6.07) is 2.01. The van der Waals surface area contributed by atoms with Crippen molar-refractivity contribution in [2.45, 2.75) is 20.3 Å². The predicted octanol–water partition coefficient (Wildman–Crippen LogP) is 0.785. The third-order valence-electron chi connectivity index (χ3n) is 1.66. The fourth-order valence-electron chi connectivity index (χ4n) is 0.925. The third kappa shape index (κ3) is 5.21. The van der Waals surface area contributed by atoms with Crippen LogP contribution in [0.2, 0.25) is 0 Å². The third-order valence-corrected chi connectivity index (χ3v) is 1.66. The standard InChI is InChI=1S/C9H16N2O2/c1-3-11(7-5-6-10)9(12)8-13-4-2/h3-5,7-8H2,1-2H3. The predicted molar refractivity (Wildman–Crippen MR) is 49.0 cm³/mol. The molecular weight excluding hydrogens is 168 g/mol. The van der Waals surface area contributed by atoms with E-state index in [4.69, 9.17) is 10.00 Å². The zero-order valence-electron chi connectivity index (χ0n) is 8.25. The summed E-state index contributed by atoms with van der Waals surface area (Å²) in [7, 11) is 0. The first-order valence-electron chi connectivity index (χ1n) is 4.48. The maximum absolute atomic E-state index is 11.3. The Bertz CT molecular complexity index is 187. The minimum absolute atomic E-state index is 0.0420. The van der Waals surface area contributed by atoms with Crippen LogP contribution in [-0.2, 0) is 9.53 Å². The van der Waals surface area contributed by atoms with Gasteiger partial charge in [0.2, 0.25) is 5.91 Å². The Morgan fingerprint density at radius 2 is 2.23 bits per heavy atom. The molecule has 4 heteroatoms. The van der Waals surface area contributed by atoms with Gasteiger partial charge in [-0.15, -0.1) is 0 Å². The molecule has 0 heterocycles. The number of carbonyl (C=O) groups is 1. The monoisotopic (exact) mass is 184 g/mol. The first kappa shape index (κ1) is 11.9. The lowest BCUT2D eigenvalue weighted by molar-refractivity contribution is -0.135. The summed E-state index contributed by atoms with van der Waals surface area (Å²) in [5, 5.41) is 8.35. The number of hydrogen-bond acceptors (Lipinski definition) is 3. The van der Waals surface area contributed by atoms with Crippen molar-refractivity contribution < 1.29 is 9.53 Å². The van der Waals surface area contributed by atoms with Gasteiger partial charge in [0.15, 0.2) is 0 Å². The van der Waals surface area contributed by atoms with Gasteiger partial charge in [0, 0.05) is 19.7 Å². The highest BCUT2D eigenvalue weighted by molar-refractivity contribution is 5.77. The molecule has 0 fully saturated rings. The molecule has 0 saturated heterocycles. The summed E-state index contributed by atoms with van der Waals surface area (Å²) in [6.07, 6.45) is 0.381. The maximum Gasteiger partial charge on any atom is 0.248 e. The van der Waals surface area contributed by atoms with Crippen molar-refractivity contribution >= 4 is 5.91 Å². The van der Waals surface area contributed by atoms with E-state index in [1.54, 1.807) is 4.90 Å². The summed E-state index contributed by atoms with van der Waals surface area (Å²) in [5.41, 5.74) is 0. The van der Waals surface area contributed by atoms with Gasteiger partial charge in [0.05, 0.1) is 12.5 Å². The highest BCUT2D eigenvalue weighted by Crippen LogP contribution is 1.92. The zero-order valence-corrected chi connectivity index (χ0v) is 8.25. The normalized spacial score (nSPS) is 9.31. The Morgan fingerprint density at radius 1 is 1.54 bits per heavy atom. The molecule has 74 valence electrons. The quantitative estimate of drug-likeness (QED) is 0.613. The molecule has 0 spiro atoms. The molecule has 0 aromatic carbocycles. The molecule has 1 amide bonds.